The standard InChI is InChI=1S/C12H16N2S/c1-2-14-7-10(8-15)11-4-3-9(6-13)5-12(11)14/h3-5,7,15H,2,6,8,13H2,1H3. The molecule has 0 unspecified atom stereocenters. The van der Waals surface area contributed by atoms with E-state index < -0.39 is 0 Å². The molecule has 3 heteroatoms. The Balaban J connectivity index is 2.68. The van der Waals surface area contributed by atoms with Crippen LogP contribution in [0.5, 0.6) is 0 Å². The molecule has 0 saturated heterocycles. The molecule has 15 heavy (non-hydrogen) atoms. The Morgan fingerprint density at radius 3 is 2.80 bits per heavy atom. The molecule has 1 aromatic carbocycles. The number of nitrogens with zero attached hydrogens (tertiary/aromatic N) is 1. The first-order chi connectivity index (χ1) is 7.30. The minimum absolute atomic E-state index is 0.598. The summed E-state index contributed by atoms with van der Waals surface area (Å²) < 4.78 is 2.25. The Hall–Kier alpha value is -0.930. The summed E-state index contributed by atoms with van der Waals surface area (Å²) in [6, 6.07) is 6.41. The summed E-state index contributed by atoms with van der Waals surface area (Å²) in [6.45, 7) is 3.73. The average molecular weight is 220 g/mol. The smallest absolute Gasteiger partial charge is 0.0486 e. The molecule has 0 atom stereocenters. The molecule has 0 radical (unpaired) electrons. The third-order valence-electron chi connectivity index (χ3n) is 2.78. The number of aryl methyl sites for hydroxylation is 1. The summed E-state index contributed by atoms with van der Waals surface area (Å²) in [5.74, 6) is 0.783. The summed E-state index contributed by atoms with van der Waals surface area (Å²) in [4.78, 5) is 0. The van der Waals surface area contributed by atoms with E-state index in [2.05, 4.69) is 48.5 Å². The van der Waals surface area contributed by atoms with Gasteiger partial charge in [-0.3, -0.25) is 0 Å². The number of hydrogen-bond acceptors (Lipinski definition) is 2. The molecule has 0 bridgehead atoms. The molecule has 0 aliphatic heterocycles. The minimum atomic E-state index is 0.598. The molecule has 0 fully saturated rings. The van der Waals surface area contributed by atoms with Gasteiger partial charge in [0.2, 0.25) is 0 Å². The van der Waals surface area contributed by atoms with Gasteiger partial charge in [0.15, 0.2) is 0 Å². The van der Waals surface area contributed by atoms with E-state index >= 15 is 0 Å². The SMILES string of the molecule is CCn1cc(CS)c2ccc(CN)cc21. The van der Waals surface area contributed by atoms with Gasteiger partial charge in [0.25, 0.3) is 0 Å². The van der Waals surface area contributed by atoms with Crippen molar-refractivity contribution < 1.29 is 0 Å². The van der Waals surface area contributed by atoms with Gasteiger partial charge in [0, 0.05) is 35.9 Å². The number of hydrogen-bond donors (Lipinski definition) is 2. The summed E-state index contributed by atoms with van der Waals surface area (Å²) in [6.07, 6.45) is 2.18. The third-order valence-corrected chi connectivity index (χ3v) is 3.12. The second kappa shape index (κ2) is 4.29. The number of rotatable bonds is 3. The summed E-state index contributed by atoms with van der Waals surface area (Å²) in [7, 11) is 0. The van der Waals surface area contributed by atoms with Gasteiger partial charge in [0.05, 0.1) is 0 Å². The fraction of sp³-hybridized carbons (Fsp3) is 0.333. The Labute approximate surface area is 95.5 Å². The van der Waals surface area contributed by atoms with Crippen LogP contribution in [-0.4, -0.2) is 4.57 Å². The van der Waals surface area contributed by atoms with E-state index in [4.69, 9.17) is 5.73 Å². The molecule has 1 aromatic heterocycles. The quantitative estimate of drug-likeness (QED) is 0.765. The van der Waals surface area contributed by atoms with Crippen LogP contribution in [0.4, 0.5) is 0 Å². The number of thiol groups is 1. The van der Waals surface area contributed by atoms with Crippen molar-refractivity contribution in [2.75, 3.05) is 0 Å². The Morgan fingerprint density at radius 1 is 1.40 bits per heavy atom. The molecular formula is C12H16N2S. The largest absolute Gasteiger partial charge is 0.347 e. The highest BCUT2D eigenvalue weighted by Crippen LogP contribution is 2.23. The van der Waals surface area contributed by atoms with Gasteiger partial charge in [-0.1, -0.05) is 12.1 Å². The summed E-state index contributed by atoms with van der Waals surface area (Å²) >= 11 is 4.35. The second-order valence-corrected chi connectivity index (χ2v) is 3.97. The lowest BCUT2D eigenvalue weighted by atomic mass is 10.1. The highest BCUT2D eigenvalue weighted by molar-refractivity contribution is 7.79. The van der Waals surface area contributed by atoms with Gasteiger partial charge in [-0.25, -0.2) is 0 Å². The number of fused-ring (bicyclic) bond motifs is 1. The number of nitrogens with two attached hydrogens (primary N) is 1. The van der Waals surface area contributed by atoms with Gasteiger partial charge < -0.3 is 10.3 Å². The van der Waals surface area contributed by atoms with Crippen LogP contribution in [0.25, 0.3) is 10.9 Å². The van der Waals surface area contributed by atoms with E-state index in [1.54, 1.807) is 0 Å². The van der Waals surface area contributed by atoms with Crippen molar-refractivity contribution in [2.45, 2.75) is 25.8 Å². The van der Waals surface area contributed by atoms with Crippen molar-refractivity contribution in [3.8, 4) is 0 Å². The topological polar surface area (TPSA) is 30.9 Å². The highest BCUT2D eigenvalue weighted by Gasteiger charge is 2.06. The van der Waals surface area contributed by atoms with Gasteiger partial charge in [0.1, 0.15) is 0 Å². The number of aromatic nitrogens is 1. The normalized spacial score (nSPS) is 11.1. The van der Waals surface area contributed by atoms with Crippen molar-refractivity contribution in [1.29, 1.82) is 0 Å². The molecule has 2 nitrogen and oxygen atoms in total. The lowest BCUT2D eigenvalue weighted by Crippen LogP contribution is -1.97. The van der Waals surface area contributed by atoms with Gasteiger partial charge in [-0.2, -0.15) is 12.6 Å². The van der Waals surface area contributed by atoms with Gasteiger partial charge in [-0.05, 0) is 24.1 Å². The molecule has 0 spiro atoms. The average Bonchev–Trinajstić information content (AvgIpc) is 2.65. The fourth-order valence-electron chi connectivity index (χ4n) is 1.93. The molecular weight excluding hydrogens is 204 g/mol. The predicted octanol–water partition coefficient (Wildman–Crippen LogP) is 2.55. The molecule has 0 saturated carbocycles. The number of benzene rings is 1. The van der Waals surface area contributed by atoms with Crippen molar-refractivity contribution in [3.63, 3.8) is 0 Å². The molecule has 1 heterocycles. The summed E-state index contributed by atoms with van der Waals surface area (Å²) in [5, 5.41) is 1.30. The van der Waals surface area contributed by atoms with E-state index in [-0.39, 0.29) is 0 Å². The molecule has 0 amide bonds. The molecule has 2 rings (SSSR count). The lowest BCUT2D eigenvalue weighted by Gasteiger charge is -2.02. The highest BCUT2D eigenvalue weighted by atomic mass is 32.1. The Bertz CT molecular complexity index is 474. The Kier molecular flexibility index (Phi) is 3.03. The zero-order chi connectivity index (χ0) is 10.8. The molecule has 0 aliphatic rings. The first-order valence-corrected chi connectivity index (χ1v) is 5.85. The first-order valence-electron chi connectivity index (χ1n) is 5.21. The zero-order valence-corrected chi connectivity index (χ0v) is 9.80. The van der Waals surface area contributed by atoms with Crippen LogP contribution in [0.3, 0.4) is 0 Å². The monoisotopic (exact) mass is 220 g/mol. The van der Waals surface area contributed by atoms with E-state index in [1.165, 1.54) is 22.0 Å². The van der Waals surface area contributed by atoms with E-state index in [0.29, 0.717) is 6.54 Å². The van der Waals surface area contributed by atoms with Crippen LogP contribution < -0.4 is 5.73 Å². The molecule has 2 N–H and O–H groups in total. The first kappa shape index (κ1) is 10.6. The van der Waals surface area contributed by atoms with E-state index in [9.17, 15) is 0 Å². The van der Waals surface area contributed by atoms with Crippen LogP contribution in [-0.2, 0) is 18.8 Å². The fourth-order valence-corrected chi connectivity index (χ4v) is 2.18. The molecule has 2 aromatic rings. The van der Waals surface area contributed by atoms with Crippen molar-refractivity contribution >= 4 is 23.5 Å². The van der Waals surface area contributed by atoms with Gasteiger partial charge in [-0.15, -0.1) is 0 Å². The van der Waals surface area contributed by atoms with Crippen molar-refractivity contribution in [3.05, 3.63) is 35.5 Å². The third kappa shape index (κ3) is 1.77. The van der Waals surface area contributed by atoms with Crippen LogP contribution in [0, 0.1) is 0 Å². The lowest BCUT2D eigenvalue weighted by molar-refractivity contribution is 0.794. The van der Waals surface area contributed by atoms with Crippen molar-refractivity contribution in [2.24, 2.45) is 5.73 Å². The second-order valence-electron chi connectivity index (χ2n) is 3.65. The minimum Gasteiger partial charge on any atom is -0.347 e. The Morgan fingerprint density at radius 2 is 2.20 bits per heavy atom. The van der Waals surface area contributed by atoms with Crippen LogP contribution in [0.1, 0.15) is 18.1 Å². The van der Waals surface area contributed by atoms with Crippen molar-refractivity contribution in [1.82, 2.24) is 4.57 Å². The summed E-state index contributed by atoms with van der Waals surface area (Å²) in [5.41, 5.74) is 9.39. The van der Waals surface area contributed by atoms with E-state index in [1.807, 2.05) is 0 Å². The van der Waals surface area contributed by atoms with Crippen LogP contribution >= 0.6 is 12.6 Å². The maximum Gasteiger partial charge on any atom is 0.0486 e. The molecule has 80 valence electrons. The van der Waals surface area contributed by atoms with E-state index in [0.717, 1.165) is 12.3 Å². The predicted molar refractivity (Wildman–Crippen MR) is 68.2 cm³/mol. The molecule has 0 aliphatic carbocycles. The maximum atomic E-state index is 5.65. The van der Waals surface area contributed by atoms with Gasteiger partial charge >= 0.3 is 0 Å². The van der Waals surface area contributed by atoms with Crippen LogP contribution in [0.2, 0.25) is 0 Å². The zero-order valence-electron chi connectivity index (χ0n) is 8.90. The maximum absolute atomic E-state index is 5.65. The van der Waals surface area contributed by atoms with Crippen LogP contribution in [0.15, 0.2) is 24.4 Å².